The Bertz CT molecular complexity index is 838. The van der Waals surface area contributed by atoms with Crippen LogP contribution >= 0.6 is 0 Å². The Balaban J connectivity index is 2.01. The van der Waals surface area contributed by atoms with Crippen molar-refractivity contribution in [2.45, 2.75) is 4.90 Å². The van der Waals surface area contributed by atoms with E-state index < -0.39 is 15.9 Å². The van der Waals surface area contributed by atoms with Crippen LogP contribution in [0.4, 0.5) is 5.69 Å². The van der Waals surface area contributed by atoms with Crippen molar-refractivity contribution in [3.63, 3.8) is 0 Å². The first-order chi connectivity index (χ1) is 11.9. The third-order valence-electron chi connectivity index (χ3n) is 3.19. The summed E-state index contributed by atoms with van der Waals surface area (Å²) in [7, 11) is -2.43. The van der Waals surface area contributed by atoms with Gasteiger partial charge in [0.15, 0.2) is 0 Å². The summed E-state index contributed by atoms with van der Waals surface area (Å²) in [4.78, 5) is 16.0. The molecule has 1 aromatic carbocycles. The molecule has 0 aliphatic rings. The van der Waals surface area contributed by atoms with Gasteiger partial charge in [-0.2, -0.15) is 4.31 Å². The van der Waals surface area contributed by atoms with Gasteiger partial charge in [0.1, 0.15) is 17.3 Å². The Morgan fingerprint density at radius 1 is 1.36 bits per heavy atom. The van der Waals surface area contributed by atoms with Crippen LogP contribution in [0.3, 0.4) is 0 Å². The van der Waals surface area contributed by atoms with Crippen molar-refractivity contribution in [3.05, 3.63) is 61.4 Å². The van der Waals surface area contributed by atoms with Gasteiger partial charge in [-0.1, -0.05) is 18.7 Å². The molecule has 0 radical (unpaired) electrons. The molecule has 0 aliphatic heterocycles. The molecule has 2 aromatic rings. The molecule has 8 heteroatoms. The number of aromatic nitrogens is 1. The number of benzene rings is 1. The fourth-order valence-corrected chi connectivity index (χ4v) is 3.08. The van der Waals surface area contributed by atoms with Crippen LogP contribution in [0.1, 0.15) is 0 Å². The molecule has 0 atom stereocenters. The third kappa shape index (κ3) is 5.13. The molecule has 0 saturated heterocycles. The average Bonchev–Trinajstić information content (AvgIpc) is 2.60. The fraction of sp³-hybridized carbons (Fsp3) is 0.176. The lowest BCUT2D eigenvalue weighted by molar-refractivity contribution is -0.116. The molecule has 7 nitrogen and oxygen atoms in total. The molecule has 1 amide bonds. The topological polar surface area (TPSA) is 88.6 Å². The molecule has 1 heterocycles. The molecule has 25 heavy (non-hydrogen) atoms. The van der Waals surface area contributed by atoms with Crippen LogP contribution in [-0.4, -0.2) is 43.8 Å². The van der Waals surface area contributed by atoms with E-state index in [1.807, 2.05) is 0 Å². The van der Waals surface area contributed by atoms with E-state index in [0.717, 1.165) is 4.31 Å². The van der Waals surface area contributed by atoms with E-state index >= 15 is 0 Å². The first-order valence-electron chi connectivity index (χ1n) is 7.43. The van der Waals surface area contributed by atoms with E-state index in [9.17, 15) is 13.2 Å². The number of nitrogens with zero attached hydrogens (tertiary/aromatic N) is 2. The molecule has 2 rings (SSSR count). The normalized spacial score (nSPS) is 11.1. The molecule has 1 N–H and O–H groups in total. The quantitative estimate of drug-likeness (QED) is 0.726. The highest BCUT2D eigenvalue weighted by Gasteiger charge is 2.23. The number of hydrogen-bond acceptors (Lipinski definition) is 5. The van der Waals surface area contributed by atoms with Crippen molar-refractivity contribution in [1.82, 2.24) is 9.29 Å². The van der Waals surface area contributed by atoms with E-state index in [0.29, 0.717) is 18.0 Å². The van der Waals surface area contributed by atoms with Gasteiger partial charge in [-0.25, -0.2) is 8.42 Å². The van der Waals surface area contributed by atoms with Crippen LogP contribution in [-0.2, 0) is 14.8 Å². The van der Waals surface area contributed by atoms with E-state index in [-0.39, 0.29) is 11.4 Å². The number of nitrogens with one attached hydrogen (secondary N) is 1. The summed E-state index contributed by atoms with van der Waals surface area (Å²) in [6.45, 7) is 3.59. The predicted molar refractivity (Wildman–Crippen MR) is 94.8 cm³/mol. The van der Waals surface area contributed by atoms with Gasteiger partial charge in [0, 0.05) is 31.2 Å². The maximum Gasteiger partial charge on any atom is 0.244 e. The van der Waals surface area contributed by atoms with E-state index in [2.05, 4.69) is 16.9 Å². The van der Waals surface area contributed by atoms with E-state index in [4.69, 9.17) is 4.74 Å². The number of hydrogen-bond donors (Lipinski definition) is 1. The minimum absolute atomic E-state index is 0.0325. The number of likely N-dealkylation sites (N-methyl/N-ethyl adjacent to an activating group) is 1. The second-order valence-electron chi connectivity index (χ2n) is 5.13. The second-order valence-corrected chi connectivity index (χ2v) is 7.17. The predicted octanol–water partition coefficient (Wildman–Crippen LogP) is 1.91. The number of anilines is 1. The fourth-order valence-electron chi connectivity index (χ4n) is 1.99. The first-order valence-corrected chi connectivity index (χ1v) is 8.87. The van der Waals surface area contributed by atoms with Crippen LogP contribution in [0, 0.1) is 0 Å². The van der Waals surface area contributed by atoms with E-state index in [1.165, 1.54) is 31.6 Å². The maximum absolute atomic E-state index is 12.4. The molecule has 0 spiro atoms. The molecule has 1 aromatic heterocycles. The number of ether oxygens (including phenoxy) is 1. The van der Waals surface area contributed by atoms with Crippen molar-refractivity contribution >= 4 is 21.6 Å². The molecular weight excluding hydrogens is 342 g/mol. The summed E-state index contributed by atoms with van der Waals surface area (Å²) >= 11 is 0. The molecule has 0 fully saturated rings. The average molecular weight is 361 g/mol. The van der Waals surface area contributed by atoms with Gasteiger partial charge < -0.3 is 10.1 Å². The Morgan fingerprint density at radius 2 is 2.16 bits per heavy atom. The Morgan fingerprint density at radius 3 is 2.84 bits per heavy atom. The second kappa shape index (κ2) is 8.41. The van der Waals surface area contributed by atoms with Crippen molar-refractivity contribution in [3.8, 4) is 5.75 Å². The number of rotatable bonds is 8. The smallest absolute Gasteiger partial charge is 0.244 e. The van der Waals surface area contributed by atoms with Crippen LogP contribution in [0.5, 0.6) is 5.75 Å². The van der Waals surface area contributed by atoms with Crippen molar-refractivity contribution in [2.75, 3.05) is 25.5 Å². The summed E-state index contributed by atoms with van der Waals surface area (Å²) < 4.78 is 31.1. The number of carbonyl (C=O) groups excluding carboxylic acids is 1. The number of carbonyl (C=O) groups is 1. The summed E-state index contributed by atoms with van der Waals surface area (Å²) in [5, 5.41) is 2.65. The summed E-state index contributed by atoms with van der Waals surface area (Å²) in [5.74, 6) is 0.116. The lowest BCUT2D eigenvalue weighted by Crippen LogP contribution is -2.35. The van der Waals surface area contributed by atoms with Gasteiger partial charge >= 0.3 is 0 Å². The minimum Gasteiger partial charge on any atom is -0.489 e. The molecule has 0 unspecified atom stereocenters. The third-order valence-corrected chi connectivity index (χ3v) is 4.98. The lowest BCUT2D eigenvalue weighted by atomic mass is 10.3. The van der Waals surface area contributed by atoms with Gasteiger partial charge in [0.2, 0.25) is 15.9 Å². The largest absolute Gasteiger partial charge is 0.489 e. The number of amides is 1. The SMILES string of the molecule is C=CCOc1cccc(NC(=O)CN(C)S(=O)(=O)c2cccnc2)c1. The highest BCUT2D eigenvalue weighted by Crippen LogP contribution is 2.18. The van der Waals surface area contributed by atoms with Crippen LogP contribution in [0.2, 0.25) is 0 Å². The first kappa shape index (κ1) is 18.6. The number of sulfonamides is 1. The summed E-state index contributed by atoms with van der Waals surface area (Å²) in [6, 6.07) is 9.76. The minimum atomic E-state index is -3.77. The highest BCUT2D eigenvalue weighted by molar-refractivity contribution is 7.89. The van der Waals surface area contributed by atoms with Crippen molar-refractivity contribution < 1.29 is 17.9 Å². The van der Waals surface area contributed by atoms with Gasteiger partial charge in [-0.05, 0) is 24.3 Å². The number of pyridine rings is 1. The molecule has 0 saturated carbocycles. The molecule has 0 bridgehead atoms. The molecular formula is C17H19N3O4S. The Labute approximate surface area is 147 Å². The summed E-state index contributed by atoms with van der Waals surface area (Å²) in [5.41, 5.74) is 0.513. The zero-order valence-corrected chi connectivity index (χ0v) is 14.6. The molecule has 132 valence electrons. The Hall–Kier alpha value is -2.71. The lowest BCUT2D eigenvalue weighted by Gasteiger charge is -2.16. The molecule has 0 aliphatic carbocycles. The monoisotopic (exact) mass is 361 g/mol. The maximum atomic E-state index is 12.4. The zero-order valence-electron chi connectivity index (χ0n) is 13.8. The summed E-state index contributed by atoms with van der Waals surface area (Å²) in [6.07, 6.45) is 4.33. The Kier molecular flexibility index (Phi) is 6.26. The van der Waals surface area contributed by atoms with Crippen LogP contribution in [0.15, 0.2) is 66.3 Å². The van der Waals surface area contributed by atoms with Crippen molar-refractivity contribution in [2.24, 2.45) is 0 Å². The standard InChI is InChI=1S/C17H19N3O4S/c1-3-10-24-15-7-4-6-14(11-15)19-17(21)13-20(2)25(22,23)16-8-5-9-18-12-16/h3-9,11-12H,1,10,13H2,2H3,(H,19,21). The van der Waals surface area contributed by atoms with E-state index in [1.54, 1.807) is 30.3 Å². The van der Waals surface area contributed by atoms with Gasteiger partial charge in [0.25, 0.3) is 0 Å². The van der Waals surface area contributed by atoms with Gasteiger partial charge in [-0.15, -0.1) is 0 Å². The zero-order chi connectivity index (χ0) is 18.3. The van der Waals surface area contributed by atoms with Crippen LogP contribution < -0.4 is 10.1 Å². The van der Waals surface area contributed by atoms with Crippen LogP contribution in [0.25, 0.3) is 0 Å². The van der Waals surface area contributed by atoms with Gasteiger partial charge in [-0.3, -0.25) is 9.78 Å². The van der Waals surface area contributed by atoms with Gasteiger partial charge in [0.05, 0.1) is 6.54 Å². The highest BCUT2D eigenvalue weighted by atomic mass is 32.2. The van der Waals surface area contributed by atoms with Crippen molar-refractivity contribution in [1.29, 1.82) is 0 Å².